The first-order chi connectivity index (χ1) is 18.1. The Bertz CT molecular complexity index is 1720. The Hall–Kier alpha value is -3.21. The number of benzene rings is 4. The molecular weight excluding hydrogens is 625 g/mol. The van der Waals surface area contributed by atoms with Crippen LogP contribution in [0.15, 0.2) is 34.1 Å². The molecular formula is C23H7F15S2. The molecule has 17 heteroatoms. The van der Waals surface area contributed by atoms with Gasteiger partial charge in [0.05, 0.1) is 0 Å². The summed E-state index contributed by atoms with van der Waals surface area (Å²) in [5.74, 6) is -28.4. The summed E-state index contributed by atoms with van der Waals surface area (Å²) >= 11 is 3.91. The van der Waals surface area contributed by atoms with Crippen molar-refractivity contribution in [1.29, 1.82) is 0 Å². The van der Waals surface area contributed by atoms with Gasteiger partial charge in [-0.1, -0.05) is 31.6 Å². The molecule has 0 aliphatic heterocycles. The summed E-state index contributed by atoms with van der Waals surface area (Å²) in [5, 5.41) is -3.35. The first-order valence-corrected chi connectivity index (χ1v) is 12.5. The monoisotopic (exact) mass is 632 g/mol. The van der Waals surface area contributed by atoms with E-state index in [2.05, 4.69) is 12.6 Å². The van der Waals surface area contributed by atoms with E-state index < -0.39 is 113 Å². The van der Waals surface area contributed by atoms with Crippen LogP contribution in [0.2, 0.25) is 0 Å². The molecule has 40 heavy (non-hydrogen) atoms. The Kier molecular flexibility index (Phi) is 6.43. The van der Waals surface area contributed by atoms with E-state index in [9.17, 15) is 54.6 Å². The summed E-state index contributed by atoms with van der Waals surface area (Å²) in [6, 6.07) is 4.09. The lowest BCUT2D eigenvalue weighted by Gasteiger charge is -2.40. The molecule has 4 aromatic carbocycles. The normalized spacial score (nSPS) is 14.0. The highest BCUT2D eigenvalue weighted by Gasteiger charge is 2.70. The minimum Gasteiger partial charge on any atom is -0.203 e. The largest absolute Gasteiger partial charge is 0.316 e. The van der Waals surface area contributed by atoms with E-state index in [0.29, 0.717) is 0 Å². The fraction of sp³-hybridized carbons (Fsp3) is 0.0435. The van der Waals surface area contributed by atoms with Gasteiger partial charge in [0, 0.05) is 38.8 Å². The fourth-order valence-electron chi connectivity index (χ4n) is 4.00. The first kappa shape index (κ1) is 29.8. The average Bonchev–Trinajstić information content (AvgIpc) is 2.84. The molecule has 0 heterocycles. The summed E-state index contributed by atoms with van der Waals surface area (Å²) < 4.78 is 211. The highest BCUT2D eigenvalue weighted by Crippen LogP contribution is 3.02. The van der Waals surface area contributed by atoms with Crippen molar-refractivity contribution < 1.29 is 63.3 Å². The third kappa shape index (κ3) is 4.61. The maximum absolute atomic E-state index is 15.2. The second-order valence-corrected chi connectivity index (χ2v) is 11.1. The van der Waals surface area contributed by atoms with Crippen LogP contribution in [0, 0.1) is 58.2 Å². The zero-order chi connectivity index (χ0) is 30.3. The van der Waals surface area contributed by atoms with Crippen molar-refractivity contribution in [2.45, 2.75) is 16.2 Å². The van der Waals surface area contributed by atoms with Gasteiger partial charge in [0.25, 0.3) is 0 Å². The third-order valence-corrected chi connectivity index (χ3v) is 7.13. The van der Waals surface area contributed by atoms with E-state index in [4.69, 9.17) is 0 Å². The van der Waals surface area contributed by atoms with Crippen LogP contribution in [0.3, 0.4) is 0 Å². The molecule has 0 aliphatic rings. The van der Waals surface area contributed by atoms with Crippen LogP contribution >= 0.6 is 22.9 Å². The van der Waals surface area contributed by atoms with Crippen molar-refractivity contribution >= 4 is 33.6 Å². The second kappa shape index (κ2) is 8.64. The van der Waals surface area contributed by atoms with Crippen molar-refractivity contribution in [3.8, 4) is 11.1 Å². The van der Waals surface area contributed by atoms with Gasteiger partial charge >= 0.3 is 10.2 Å². The highest BCUT2D eigenvalue weighted by molar-refractivity contribution is 8.45. The number of hydrogen-bond donors (Lipinski definition) is 1. The van der Waals surface area contributed by atoms with Crippen molar-refractivity contribution in [2.75, 3.05) is 0 Å². The van der Waals surface area contributed by atoms with Crippen LogP contribution in [-0.2, 0) is 6.42 Å². The Morgan fingerprint density at radius 3 is 1.35 bits per heavy atom. The van der Waals surface area contributed by atoms with Crippen molar-refractivity contribution in [3.63, 3.8) is 0 Å². The minimum atomic E-state index is -11.4. The Morgan fingerprint density at radius 2 is 0.900 bits per heavy atom. The SMILES string of the molecule is Fc1c(F)c(S(F)(F)(F)(F)F)c(F)c(F)c1Cc1c(F)c(F)c(-c2ccc(S)cc2)c2c(F)c(F)c(F)c(F)c12. The van der Waals surface area contributed by atoms with Crippen molar-refractivity contribution in [1.82, 2.24) is 0 Å². The van der Waals surface area contributed by atoms with Gasteiger partial charge in [-0.3, -0.25) is 0 Å². The van der Waals surface area contributed by atoms with E-state index in [1.807, 2.05) is 0 Å². The molecule has 4 rings (SSSR count). The molecule has 0 N–H and O–H groups in total. The molecule has 0 atom stereocenters. The minimum absolute atomic E-state index is 0.194. The molecule has 4 aromatic rings. The molecule has 0 aromatic heterocycles. The molecule has 0 aliphatic carbocycles. The van der Waals surface area contributed by atoms with Gasteiger partial charge in [0.2, 0.25) is 0 Å². The Morgan fingerprint density at radius 1 is 0.475 bits per heavy atom. The Balaban J connectivity index is 2.15. The van der Waals surface area contributed by atoms with E-state index in [-0.39, 0.29) is 4.90 Å². The molecule has 216 valence electrons. The van der Waals surface area contributed by atoms with Crippen molar-refractivity contribution in [3.05, 3.63) is 93.6 Å². The maximum atomic E-state index is 15.2. The summed E-state index contributed by atoms with van der Waals surface area (Å²) in [6.45, 7) is 0. The highest BCUT2D eigenvalue weighted by atomic mass is 32.5. The van der Waals surface area contributed by atoms with Gasteiger partial charge in [-0.05, 0) is 17.7 Å². The quantitative estimate of drug-likeness (QED) is 0.0985. The smallest absolute Gasteiger partial charge is 0.203 e. The number of thiol groups is 1. The predicted molar refractivity (Wildman–Crippen MR) is 117 cm³/mol. The third-order valence-electron chi connectivity index (χ3n) is 5.71. The molecule has 0 saturated heterocycles. The molecule has 0 fully saturated rings. The lowest BCUT2D eigenvalue weighted by molar-refractivity contribution is 0.327. The predicted octanol–water partition coefficient (Wildman–Crippen LogP) is 10.4. The maximum Gasteiger partial charge on any atom is 0.316 e. The number of halogens is 15. The fourth-order valence-corrected chi connectivity index (χ4v) is 5.01. The average molecular weight is 632 g/mol. The standard InChI is InChI=1S/C23H7F15S2/c24-13-8(5-9-14(25)21(32)23(22(33)15(9)26)40(34,35,36,37)38)11-12(18(29)20(31)19(30)17(11)28)10(16(13)27)6-1-3-7(39)4-2-6/h1-4,39H,5H2. The topological polar surface area (TPSA) is 0 Å². The molecule has 0 radical (unpaired) electrons. The van der Waals surface area contributed by atoms with Gasteiger partial charge in [0.15, 0.2) is 63.1 Å². The molecule has 0 spiro atoms. The van der Waals surface area contributed by atoms with Crippen LogP contribution in [0.4, 0.5) is 63.3 Å². The van der Waals surface area contributed by atoms with E-state index in [0.717, 1.165) is 24.3 Å². The van der Waals surface area contributed by atoms with Gasteiger partial charge < -0.3 is 0 Å². The number of hydrogen-bond acceptors (Lipinski definition) is 1. The molecule has 0 bridgehead atoms. The van der Waals surface area contributed by atoms with Crippen LogP contribution in [0.1, 0.15) is 11.1 Å². The molecule has 0 nitrogen and oxygen atoms in total. The summed E-state index contributed by atoms with van der Waals surface area (Å²) in [5.41, 5.74) is -5.95. The summed E-state index contributed by atoms with van der Waals surface area (Å²) in [4.78, 5) is -4.04. The summed E-state index contributed by atoms with van der Waals surface area (Å²) in [6.07, 6.45) is -2.19. The van der Waals surface area contributed by atoms with Gasteiger partial charge in [0.1, 0.15) is 0 Å². The van der Waals surface area contributed by atoms with Crippen molar-refractivity contribution in [2.24, 2.45) is 0 Å². The van der Waals surface area contributed by atoms with Gasteiger partial charge in [-0.15, -0.1) is 12.6 Å². The first-order valence-electron chi connectivity index (χ1n) is 10.1. The van der Waals surface area contributed by atoms with Gasteiger partial charge in [-0.2, -0.15) is 0 Å². The van der Waals surface area contributed by atoms with Crippen LogP contribution < -0.4 is 0 Å². The van der Waals surface area contributed by atoms with Crippen LogP contribution in [0.25, 0.3) is 21.9 Å². The molecule has 0 amide bonds. The lowest BCUT2D eigenvalue weighted by Crippen LogP contribution is -2.17. The zero-order valence-electron chi connectivity index (χ0n) is 18.5. The lowest BCUT2D eigenvalue weighted by atomic mass is 9.90. The number of rotatable bonds is 4. The number of fused-ring (bicyclic) bond motifs is 1. The van der Waals surface area contributed by atoms with Crippen LogP contribution in [-0.4, -0.2) is 0 Å². The van der Waals surface area contributed by atoms with E-state index in [1.165, 1.54) is 0 Å². The van der Waals surface area contributed by atoms with E-state index in [1.54, 1.807) is 0 Å². The zero-order valence-corrected chi connectivity index (χ0v) is 20.3. The van der Waals surface area contributed by atoms with E-state index >= 15 is 8.78 Å². The Labute approximate surface area is 218 Å². The second-order valence-electron chi connectivity index (χ2n) is 8.24. The molecule has 0 unspecified atom stereocenters. The summed E-state index contributed by atoms with van der Waals surface area (Å²) in [7, 11) is -11.4. The van der Waals surface area contributed by atoms with Gasteiger partial charge in [-0.25, -0.2) is 43.9 Å². The molecule has 0 saturated carbocycles. The van der Waals surface area contributed by atoms with Crippen LogP contribution in [0.5, 0.6) is 0 Å².